The second-order valence-electron chi connectivity index (χ2n) is 18.8. The molecule has 16 nitrogen and oxygen atoms in total. The molecule has 18 heteroatoms. The lowest BCUT2D eigenvalue weighted by Crippen LogP contribution is -2.54. The largest absolute Gasteiger partial charge is 0.404 e. The van der Waals surface area contributed by atoms with Crippen LogP contribution in [-0.4, -0.2) is 139 Å². The maximum Gasteiger partial charge on any atom is 0.264 e. The van der Waals surface area contributed by atoms with Gasteiger partial charge in [-0.05, 0) is 112 Å². The van der Waals surface area contributed by atoms with Gasteiger partial charge in [0.15, 0.2) is 0 Å². The summed E-state index contributed by atoms with van der Waals surface area (Å²) in [6, 6.07) is 7.54. The number of carbonyl (C=O) groups excluding carboxylic acids is 6. The highest BCUT2D eigenvalue weighted by Gasteiger charge is 2.45. The Kier molecular flexibility index (Phi) is 14.8. The van der Waals surface area contributed by atoms with Crippen molar-refractivity contribution < 1.29 is 37.5 Å². The number of hydrogen-bond donors (Lipinski definition) is 4. The van der Waals surface area contributed by atoms with Gasteiger partial charge in [0.05, 0.1) is 24.2 Å². The van der Waals surface area contributed by atoms with E-state index in [-0.39, 0.29) is 48.6 Å². The van der Waals surface area contributed by atoms with E-state index in [0.29, 0.717) is 97.8 Å². The molecule has 2 aromatic rings. The number of benzene rings is 2. The van der Waals surface area contributed by atoms with Crippen LogP contribution < -0.4 is 21.3 Å². The number of nitrogens with one attached hydrogen (secondary N) is 3. The van der Waals surface area contributed by atoms with Crippen molar-refractivity contribution in [3.8, 4) is 0 Å². The SMILES string of the molecule is CN=C/C(=C\N)c1cc2c(cc1C(F)F)N(C(=N)C1=C(NC3CCN(C(=O)CN4CCC(CCCc5cccc6c5C(=O)N(C5CCC(=O)NC5=O)C6=O)CC4)CC3)CCN(C(C)=O)C1)CCC2. The van der Waals surface area contributed by atoms with Crippen LogP contribution in [0.3, 0.4) is 0 Å². The molecule has 0 aromatic heterocycles. The average Bonchev–Trinajstić information content (AvgIpc) is 3.59. The summed E-state index contributed by atoms with van der Waals surface area (Å²) in [7, 11) is 1.56. The number of anilines is 1. The van der Waals surface area contributed by atoms with E-state index in [0.717, 1.165) is 73.3 Å². The summed E-state index contributed by atoms with van der Waals surface area (Å²) in [5.74, 6) is -1.34. The van der Waals surface area contributed by atoms with E-state index in [1.54, 1.807) is 35.0 Å². The predicted octanol–water partition coefficient (Wildman–Crippen LogP) is 4.58. The Labute approximate surface area is 395 Å². The number of aliphatic imine (C=N–C) groups is 1. The first-order valence-electron chi connectivity index (χ1n) is 24.0. The molecule has 8 rings (SSSR count). The second-order valence-corrected chi connectivity index (χ2v) is 18.8. The molecule has 1 atom stereocenters. The van der Waals surface area contributed by atoms with Gasteiger partial charge in [-0.15, -0.1) is 0 Å². The van der Waals surface area contributed by atoms with E-state index in [9.17, 15) is 43.0 Å². The number of rotatable bonds is 13. The van der Waals surface area contributed by atoms with Gasteiger partial charge >= 0.3 is 0 Å². The van der Waals surface area contributed by atoms with Crippen molar-refractivity contribution in [3.05, 3.63) is 81.2 Å². The van der Waals surface area contributed by atoms with Crippen molar-refractivity contribution in [2.24, 2.45) is 16.6 Å². The Morgan fingerprint density at radius 3 is 2.41 bits per heavy atom. The normalized spacial score (nSPS) is 21.2. The number of nitrogens with zero attached hydrogens (tertiary/aromatic N) is 6. The lowest BCUT2D eigenvalue weighted by atomic mass is 9.89. The number of alkyl halides is 2. The van der Waals surface area contributed by atoms with Gasteiger partial charge in [0.1, 0.15) is 11.9 Å². The van der Waals surface area contributed by atoms with E-state index in [1.807, 2.05) is 11.0 Å². The van der Waals surface area contributed by atoms with E-state index < -0.39 is 36.1 Å². The maximum absolute atomic E-state index is 14.6. The van der Waals surface area contributed by atoms with Crippen molar-refractivity contribution in [2.75, 3.05) is 64.3 Å². The summed E-state index contributed by atoms with van der Waals surface area (Å²) in [5, 5.41) is 15.5. The number of imide groups is 2. The summed E-state index contributed by atoms with van der Waals surface area (Å²) in [4.78, 5) is 89.9. The third-order valence-electron chi connectivity index (χ3n) is 14.6. The minimum absolute atomic E-state index is 0.0552. The lowest BCUT2D eigenvalue weighted by Gasteiger charge is -2.39. The van der Waals surface area contributed by atoms with Gasteiger partial charge in [-0.1, -0.05) is 18.6 Å². The standard InChI is InChI=1S/C50H62F2N10O6/c1-30(63)60-23-17-40(39(28-60)47(54)61-18-5-9-33-24-37(34(26-53)27-55-2)38(46(51)52)25-42(33)61)56-35-15-21-59(22-16-35)44(65)29-58-19-13-31(14-20-58)6-3-7-32-8-4-10-36-45(32)50(68)62(49(36)67)41-11-12-43(64)57-48(41)66/h4,8,10,24-27,31,35,41,46,54,56H,3,5-7,9,11-23,28-29,53H2,1-2H3,(H,57,64,66)/b34-26+,54-47?,55-27?. The highest BCUT2D eigenvalue weighted by atomic mass is 19.3. The summed E-state index contributed by atoms with van der Waals surface area (Å²) in [6.45, 7) is 5.88. The number of hydrogen-bond acceptors (Lipinski definition) is 11. The molecule has 6 aliphatic rings. The predicted molar refractivity (Wildman–Crippen MR) is 253 cm³/mol. The molecule has 6 heterocycles. The van der Waals surface area contributed by atoms with Crippen molar-refractivity contribution in [1.82, 2.24) is 30.2 Å². The Morgan fingerprint density at radius 1 is 0.956 bits per heavy atom. The second kappa shape index (κ2) is 20.9. The van der Waals surface area contributed by atoms with Gasteiger partial charge < -0.3 is 25.8 Å². The Morgan fingerprint density at radius 2 is 1.72 bits per heavy atom. The Hall–Kier alpha value is -6.30. The number of piperidine rings is 3. The zero-order valence-corrected chi connectivity index (χ0v) is 39.0. The average molecular weight is 937 g/mol. The van der Waals surface area contributed by atoms with E-state index in [1.165, 1.54) is 25.4 Å². The number of likely N-dealkylation sites (tertiary alicyclic amines) is 2. The van der Waals surface area contributed by atoms with Crippen molar-refractivity contribution in [3.63, 3.8) is 0 Å². The third kappa shape index (κ3) is 10.1. The first-order chi connectivity index (χ1) is 32.8. The monoisotopic (exact) mass is 936 g/mol. The number of aryl methyl sites for hydroxylation is 2. The van der Waals surface area contributed by atoms with Crippen LogP contribution >= 0.6 is 0 Å². The van der Waals surface area contributed by atoms with Crippen LogP contribution in [0.1, 0.15) is 121 Å². The topological polar surface area (TPSA) is 205 Å². The van der Waals surface area contributed by atoms with Crippen LogP contribution in [0.4, 0.5) is 14.5 Å². The molecule has 0 spiro atoms. The first kappa shape index (κ1) is 48.2. The summed E-state index contributed by atoms with van der Waals surface area (Å²) >= 11 is 0. The molecule has 0 saturated carbocycles. The van der Waals surface area contributed by atoms with Gasteiger partial charge in [0.2, 0.25) is 23.6 Å². The van der Waals surface area contributed by atoms with Gasteiger partial charge in [-0.25, -0.2) is 8.78 Å². The zero-order chi connectivity index (χ0) is 48.2. The molecule has 1 unspecified atom stereocenters. The van der Waals surface area contributed by atoms with Crippen LogP contribution in [0.25, 0.3) is 5.57 Å². The molecular formula is C50H62F2N10O6. The molecule has 0 aliphatic carbocycles. The number of allylic oxidation sites excluding steroid dienone is 1. The fraction of sp³-hybridized carbons (Fsp3) is 0.520. The highest BCUT2D eigenvalue weighted by molar-refractivity contribution is 6.24. The van der Waals surface area contributed by atoms with Crippen LogP contribution in [-0.2, 0) is 32.0 Å². The molecule has 362 valence electrons. The number of carbonyl (C=O) groups is 6. The molecule has 0 bridgehead atoms. The Bertz CT molecular complexity index is 2450. The molecular weight excluding hydrogens is 875 g/mol. The van der Waals surface area contributed by atoms with E-state index in [4.69, 9.17) is 5.73 Å². The molecule has 0 radical (unpaired) electrons. The molecule has 6 aliphatic heterocycles. The number of halogens is 2. The summed E-state index contributed by atoms with van der Waals surface area (Å²) in [5.41, 5.74) is 10.7. The first-order valence-corrected chi connectivity index (χ1v) is 24.0. The third-order valence-corrected chi connectivity index (χ3v) is 14.6. The quantitative estimate of drug-likeness (QED) is 0.125. The minimum Gasteiger partial charge on any atom is -0.404 e. The molecule has 2 aromatic carbocycles. The fourth-order valence-corrected chi connectivity index (χ4v) is 10.8. The Balaban J connectivity index is 0.826. The highest BCUT2D eigenvalue weighted by Crippen LogP contribution is 2.38. The van der Waals surface area contributed by atoms with Crippen LogP contribution in [0, 0.1) is 11.3 Å². The van der Waals surface area contributed by atoms with Gasteiger partial charge in [0, 0.05) is 99.5 Å². The van der Waals surface area contributed by atoms with Crippen molar-refractivity contribution in [1.29, 1.82) is 5.41 Å². The molecule has 3 saturated heterocycles. The fourth-order valence-electron chi connectivity index (χ4n) is 10.8. The van der Waals surface area contributed by atoms with Gasteiger partial charge in [-0.3, -0.25) is 54.3 Å². The number of fused-ring (bicyclic) bond motifs is 2. The smallest absolute Gasteiger partial charge is 0.264 e. The molecule has 5 N–H and O–H groups in total. The maximum atomic E-state index is 14.6. The van der Waals surface area contributed by atoms with E-state index in [2.05, 4.69) is 20.5 Å². The molecule has 6 amide bonds. The van der Waals surface area contributed by atoms with Crippen LogP contribution in [0.5, 0.6) is 0 Å². The van der Waals surface area contributed by atoms with Crippen LogP contribution in [0.2, 0.25) is 0 Å². The number of nitrogens with two attached hydrogens (primary N) is 1. The zero-order valence-electron chi connectivity index (χ0n) is 39.0. The van der Waals surface area contributed by atoms with Gasteiger partial charge in [-0.2, -0.15) is 0 Å². The number of amides is 6. The van der Waals surface area contributed by atoms with E-state index >= 15 is 0 Å². The van der Waals surface area contributed by atoms with Gasteiger partial charge in [0.25, 0.3) is 18.2 Å². The molecule has 3 fully saturated rings. The van der Waals surface area contributed by atoms with Crippen molar-refractivity contribution >= 4 is 58.8 Å². The molecule has 68 heavy (non-hydrogen) atoms. The van der Waals surface area contributed by atoms with Crippen LogP contribution in [0.15, 0.2) is 52.8 Å². The summed E-state index contributed by atoms with van der Waals surface area (Å²) < 4.78 is 29.1. The number of amidine groups is 1. The summed E-state index contributed by atoms with van der Waals surface area (Å²) in [6.07, 6.45) is 7.80. The minimum atomic E-state index is -2.78. The lowest BCUT2D eigenvalue weighted by molar-refractivity contribution is -0.136. The van der Waals surface area contributed by atoms with Crippen molar-refractivity contribution in [2.45, 2.75) is 102 Å².